The van der Waals surface area contributed by atoms with Crippen LogP contribution in [-0.2, 0) is 16.0 Å². The minimum atomic E-state index is -1.01. The topological polar surface area (TPSA) is 75.3 Å². The quantitative estimate of drug-likeness (QED) is 0.0955. The van der Waals surface area contributed by atoms with Crippen molar-refractivity contribution >= 4 is 87.5 Å². The molecule has 2 N–H and O–H groups in total. The molecule has 13 heteroatoms. The van der Waals surface area contributed by atoms with Crippen LogP contribution in [0.15, 0.2) is 60.7 Å². The van der Waals surface area contributed by atoms with Gasteiger partial charge in [-0.2, -0.15) is 0 Å². The lowest BCUT2D eigenvalue weighted by atomic mass is 10.0. The van der Waals surface area contributed by atoms with Gasteiger partial charge in [0.15, 0.2) is 17.9 Å². The normalized spacial score (nSPS) is 13.3. The zero-order valence-corrected chi connectivity index (χ0v) is 24.4. The van der Waals surface area contributed by atoms with Crippen LogP contribution in [0.2, 0.25) is 20.1 Å². The number of aldehydes is 1. The van der Waals surface area contributed by atoms with Gasteiger partial charge in [0, 0.05) is 32.4 Å². The second-order valence-corrected chi connectivity index (χ2v) is 10.5. The summed E-state index contributed by atoms with van der Waals surface area (Å²) in [6.07, 6.45) is 2.09. The Kier molecular flexibility index (Phi) is 11.6. The molecule has 0 atom stereocenters. The van der Waals surface area contributed by atoms with Crippen LogP contribution in [0, 0.1) is 23.3 Å². The molecule has 5 nitrogen and oxygen atoms in total. The largest absolute Gasteiger partial charge is 0.325 e. The summed E-state index contributed by atoms with van der Waals surface area (Å²) in [7, 11) is 0. The lowest BCUT2D eigenvalue weighted by Crippen LogP contribution is -2.03. The Morgan fingerprint density at radius 3 is 1.84 bits per heavy atom. The van der Waals surface area contributed by atoms with Crippen molar-refractivity contribution < 1.29 is 31.9 Å². The van der Waals surface area contributed by atoms with E-state index in [9.17, 15) is 31.9 Å². The second-order valence-electron chi connectivity index (χ2n) is 8.88. The highest BCUT2D eigenvalue weighted by atomic mass is 35.5. The number of benzene rings is 4. The molecule has 0 radical (unpaired) electrons. The van der Waals surface area contributed by atoms with Crippen molar-refractivity contribution in [3.8, 4) is 0 Å². The Morgan fingerprint density at radius 2 is 1.23 bits per heavy atom. The number of amides is 2. The maximum atomic E-state index is 13.9. The number of carbonyl (C=O) groups is 3. The van der Waals surface area contributed by atoms with E-state index in [4.69, 9.17) is 46.4 Å². The molecular formula is C31H20Cl4F4N2O3. The van der Waals surface area contributed by atoms with Gasteiger partial charge in [0.05, 0.1) is 17.7 Å². The van der Waals surface area contributed by atoms with Crippen molar-refractivity contribution in [3.63, 3.8) is 0 Å². The SMILES string of the molecule is C.O=C1Cc2ccc(Cl)cc2N1.O=C1Nc2cc(Cl)ccc2C1=Cc1ccc(F)c(Cl)c1F.O=Cc1ccc(F)c(Cl)c1F. The number of rotatable bonds is 2. The molecule has 0 saturated heterocycles. The van der Waals surface area contributed by atoms with E-state index in [1.165, 1.54) is 12.1 Å². The fourth-order valence-corrected chi connectivity index (χ4v) is 4.62. The van der Waals surface area contributed by atoms with Gasteiger partial charge in [-0.3, -0.25) is 14.4 Å². The summed E-state index contributed by atoms with van der Waals surface area (Å²) in [5.74, 6) is -3.97. The van der Waals surface area contributed by atoms with Crippen LogP contribution < -0.4 is 10.6 Å². The van der Waals surface area contributed by atoms with Crippen molar-refractivity contribution in [3.05, 3.63) is 126 Å². The lowest BCUT2D eigenvalue weighted by molar-refractivity contribution is -0.115. The van der Waals surface area contributed by atoms with Gasteiger partial charge in [0.2, 0.25) is 5.91 Å². The molecule has 0 aliphatic carbocycles. The van der Waals surface area contributed by atoms with Crippen molar-refractivity contribution in [2.75, 3.05) is 10.6 Å². The minimum Gasteiger partial charge on any atom is -0.325 e. The van der Waals surface area contributed by atoms with Gasteiger partial charge in [-0.15, -0.1) is 0 Å². The van der Waals surface area contributed by atoms with E-state index in [1.54, 1.807) is 30.3 Å². The van der Waals surface area contributed by atoms with Gasteiger partial charge in [-0.25, -0.2) is 17.6 Å². The summed E-state index contributed by atoms with van der Waals surface area (Å²) in [6, 6.07) is 14.6. The molecule has 0 spiro atoms. The van der Waals surface area contributed by atoms with E-state index in [2.05, 4.69) is 10.6 Å². The lowest BCUT2D eigenvalue weighted by Gasteiger charge is -2.03. The highest BCUT2D eigenvalue weighted by Gasteiger charge is 2.25. The number of halogens is 8. The molecule has 0 bridgehead atoms. The predicted molar refractivity (Wildman–Crippen MR) is 167 cm³/mol. The Bertz CT molecular complexity index is 1820. The average molecular weight is 686 g/mol. The average Bonchev–Trinajstić information content (AvgIpc) is 3.49. The van der Waals surface area contributed by atoms with E-state index in [0.717, 1.165) is 29.4 Å². The van der Waals surface area contributed by atoms with Crippen LogP contribution in [0.5, 0.6) is 0 Å². The van der Waals surface area contributed by atoms with E-state index < -0.39 is 33.3 Å². The molecule has 2 heterocycles. The second kappa shape index (κ2) is 14.7. The van der Waals surface area contributed by atoms with Crippen LogP contribution in [0.3, 0.4) is 0 Å². The van der Waals surface area contributed by atoms with Gasteiger partial charge < -0.3 is 10.6 Å². The number of anilines is 2. The van der Waals surface area contributed by atoms with Gasteiger partial charge in [0.25, 0.3) is 5.91 Å². The third-order valence-electron chi connectivity index (χ3n) is 6.02. The molecular weight excluding hydrogens is 666 g/mol. The Morgan fingerprint density at radius 1 is 0.682 bits per heavy atom. The van der Waals surface area contributed by atoms with E-state index in [0.29, 0.717) is 27.7 Å². The maximum Gasteiger partial charge on any atom is 0.256 e. The third-order valence-corrected chi connectivity index (χ3v) is 7.18. The first kappa shape index (κ1) is 34.6. The van der Waals surface area contributed by atoms with Gasteiger partial charge in [-0.05, 0) is 60.2 Å². The number of carbonyl (C=O) groups excluding carboxylic acids is 3. The van der Waals surface area contributed by atoms with Gasteiger partial charge >= 0.3 is 0 Å². The Labute approximate surface area is 269 Å². The molecule has 228 valence electrons. The zero-order chi connectivity index (χ0) is 31.4. The predicted octanol–water partition coefficient (Wildman–Crippen LogP) is 9.67. The molecule has 2 aliphatic heterocycles. The molecule has 44 heavy (non-hydrogen) atoms. The van der Waals surface area contributed by atoms with Crippen molar-refractivity contribution in [1.82, 2.24) is 0 Å². The first-order chi connectivity index (χ1) is 20.4. The van der Waals surface area contributed by atoms with Crippen molar-refractivity contribution in [1.29, 1.82) is 0 Å². The van der Waals surface area contributed by atoms with Gasteiger partial charge in [0.1, 0.15) is 21.7 Å². The van der Waals surface area contributed by atoms with Crippen LogP contribution in [-0.4, -0.2) is 18.1 Å². The fraction of sp³-hybridized carbons (Fsp3) is 0.0645. The van der Waals surface area contributed by atoms with E-state index in [1.807, 2.05) is 6.07 Å². The minimum absolute atomic E-state index is 0. The summed E-state index contributed by atoms with van der Waals surface area (Å²) in [5.41, 5.74) is 3.09. The number of fused-ring (bicyclic) bond motifs is 2. The fourth-order valence-electron chi connectivity index (χ4n) is 3.94. The first-order valence-electron chi connectivity index (χ1n) is 12.0. The Hall–Kier alpha value is -3.89. The summed E-state index contributed by atoms with van der Waals surface area (Å²) < 4.78 is 52.1. The molecule has 6 rings (SSSR count). The van der Waals surface area contributed by atoms with Crippen LogP contribution >= 0.6 is 46.4 Å². The number of hydrogen-bond acceptors (Lipinski definition) is 3. The van der Waals surface area contributed by atoms with E-state index >= 15 is 0 Å². The molecule has 4 aromatic carbocycles. The smallest absolute Gasteiger partial charge is 0.256 e. The van der Waals surface area contributed by atoms with Gasteiger partial charge in [-0.1, -0.05) is 66.0 Å². The Balaban J connectivity index is 0.000000195. The molecule has 4 aromatic rings. The molecule has 2 aliphatic rings. The highest BCUT2D eigenvalue weighted by Crippen LogP contribution is 2.36. The van der Waals surface area contributed by atoms with Crippen LogP contribution in [0.4, 0.5) is 28.9 Å². The molecule has 0 unspecified atom stereocenters. The highest BCUT2D eigenvalue weighted by molar-refractivity contribution is 6.37. The molecule has 0 aromatic heterocycles. The van der Waals surface area contributed by atoms with E-state index in [-0.39, 0.29) is 42.2 Å². The molecule has 0 fully saturated rings. The van der Waals surface area contributed by atoms with Crippen LogP contribution in [0.25, 0.3) is 11.6 Å². The monoisotopic (exact) mass is 684 g/mol. The maximum absolute atomic E-state index is 13.9. The summed E-state index contributed by atoms with van der Waals surface area (Å²) in [5, 5.41) is 5.24. The third kappa shape index (κ3) is 7.78. The first-order valence-corrected chi connectivity index (χ1v) is 13.5. The summed E-state index contributed by atoms with van der Waals surface area (Å²) in [6.45, 7) is 0. The van der Waals surface area contributed by atoms with Crippen molar-refractivity contribution in [2.45, 2.75) is 13.8 Å². The molecule has 0 saturated carbocycles. The van der Waals surface area contributed by atoms with Crippen LogP contribution in [0.1, 0.15) is 34.5 Å². The zero-order valence-electron chi connectivity index (χ0n) is 21.4. The van der Waals surface area contributed by atoms with Crippen molar-refractivity contribution in [2.24, 2.45) is 0 Å². The summed E-state index contributed by atoms with van der Waals surface area (Å²) in [4.78, 5) is 32.9. The standard InChI is InChI=1S/C15H7Cl2F2NO.C8H6ClNO.C7H3ClF2O.CH4/c16-8-2-3-9-10(15(21)20-12(9)6-8)5-7-1-4-11(18)13(17)14(7)19;9-6-2-1-5-3-8(11)10-7(5)4-6;8-6-5(9)2-1-4(3-11)7(6)10;/h1-6H,(H,20,21);1-2,4H,3H2,(H,10,11);1-3H;1H4. The number of hydrogen-bond donors (Lipinski definition) is 2. The molecule has 2 amide bonds. The number of nitrogens with one attached hydrogen (secondary N) is 2. The summed E-state index contributed by atoms with van der Waals surface area (Å²) >= 11 is 22.3.